The maximum absolute atomic E-state index is 9.43. The molecule has 6 nitrogen and oxygen atoms in total. The van der Waals surface area contributed by atoms with Crippen molar-refractivity contribution in [2.75, 3.05) is 55.6 Å². The van der Waals surface area contributed by atoms with Crippen molar-refractivity contribution in [3.63, 3.8) is 0 Å². The summed E-state index contributed by atoms with van der Waals surface area (Å²) in [6.45, 7) is 8.09. The van der Waals surface area contributed by atoms with Crippen LogP contribution in [0.25, 0.3) is 10.9 Å². The maximum atomic E-state index is 9.43. The fourth-order valence-corrected chi connectivity index (χ4v) is 6.82. The number of nitrogens with one attached hydrogen (secondary N) is 1. The molecule has 1 aromatic heterocycles. The Morgan fingerprint density at radius 1 is 0.974 bits per heavy atom. The van der Waals surface area contributed by atoms with Crippen molar-refractivity contribution >= 4 is 33.9 Å². The van der Waals surface area contributed by atoms with Crippen LogP contribution in [0.15, 0.2) is 36.4 Å². The number of hydrogen-bond acceptors (Lipinski definition) is 5. The van der Waals surface area contributed by atoms with Gasteiger partial charge < -0.3 is 21.1 Å². The number of benzene rings is 2. The molecule has 0 aliphatic carbocycles. The van der Waals surface area contributed by atoms with E-state index in [1.807, 2.05) is 6.07 Å². The number of halogens is 1. The Hall–Kier alpha value is -2.06. The molecule has 3 saturated heterocycles. The first-order valence-corrected chi connectivity index (χ1v) is 14.3. The molecule has 3 fully saturated rings. The second-order valence-corrected chi connectivity index (χ2v) is 11.4. The van der Waals surface area contributed by atoms with Gasteiger partial charge in [0.1, 0.15) is 6.07 Å². The van der Waals surface area contributed by atoms with Crippen LogP contribution in [-0.2, 0) is 21.1 Å². The fourth-order valence-electron chi connectivity index (χ4n) is 6.57. The van der Waals surface area contributed by atoms with Crippen LogP contribution in [0.3, 0.4) is 0 Å². The van der Waals surface area contributed by atoms with Gasteiger partial charge in [-0.15, -0.1) is 0 Å². The van der Waals surface area contributed by atoms with Crippen molar-refractivity contribution in [3.05, 3.63) is 59.1 Å². The van der Waals surface area contributed by atoms with Gasteiger partial charge in [-0.05, 0) is 74.5 Å². The summed E-state index contributed by atoms with van der Waals surface area (Å²) in [6, 6.07) is 15.5. The van der Waals surface area contributed by atoms with Crippen LogP contribution in [0.5, 0.6) is 0 Å². The van der Waals surface area contributed by atoms with E-state index in [4.69, 9.17) is 11.6 Å². The number of aromatic amines is 1. The third-order valence-electron chi connectivity index (χ3n) is 8.68. The number of nitriles is 1. The van der Waals surface area contributed by atoms with Crippen molar-refractivity contribution in [2.24, 2.45) is 5.92 Å². The Bertz CT molecular complexity index is 1250. The minimum Gasteiger partial charge on any atom is -0.372 e. The molecule has 0 amide bonds. The zero-order valence-corrected chi connectivity index (χ0v) is 25.6. The number of likely N-dealkylation sites (tertiary alicyclic amines) is 1. The van der Waals surface area contributed by atoms with E-state index in [9.17, 15) is 5.26 Å². The molecular weight excluding hydrogens is 664 g/mol. The third-order valence-corrected chi connectivity index (χ3v) is 8.99. The molecule has 3 aliphatic rings. The van der Waals surface area contributed by atoms with E-state index in [0.717, 1.165) is 42.0 Å². The van der Waals surface area contributed by atoms with Gasteiger partial charge in [0, 0.05) is 65.4 Å². The summed E-state index contributed by atoms with van der Waals surface area (Å²) in [4.78, 5) is 7.67. The Balaban J connectivity index is 0.00000294. The normalized spacial score (nSPS) is 21.3. The van der Waals surface area contributed by atoms with E-state index in [1.54, 1.807) is 0 Å². The minimum atomic E-state index is 0. The van der Waals surface area contributed by atoms with Gasteiger partial charge in [-0.2, -0.15) is 23.2 Å². The molecular formula is C30H36ClN6W-. The smallest absolute Gasteiger partial charge is 0.171 e. The summed E-state index contributed by atoms with van der Waals surface area (Å²) < 4.78 is 0. The van der Waals surface area contributed by atoms with E-state index >= 15 is 0 Å². The van der Waals surface area contributed by atoms with Crippen molar-refractivity contribution in [1.29, 1.82) is 5.26 Å². The zero-order chi connectivity index (χ0) is 25.2. The van der Waals surface area contributed by atoms with Crippen LogP contribution >= 0.6 is 11.6 Å². The van der Waals surface area contributed by atoms with E-state index < -0.39 is 0 Å². The SMILES string of the molecule is N#Cc1n[nH]c2c(N3CCCC(c4ccc(N5CCC(CN6CC[CH-]CC6)CC5)cc4)C3)ccc(Cl)c12.[W]. The summed E-state index contributed by atoms with van der Waals surface area (Å²) in [5, 5.41) is 18.0. The Labute approximate surface area is 245 Å². The first-order valence-electron chi connectivity index (χ1n) is 13.9. The number of nitrogens with zero attached hydrogens (tertiary/aromatic N) is 5. The van der Waals surface area contributed by atoms with Crippen molar-refractivity contribution < 1.29 is 21.1 Å². The Morgan fingerprint density at radius 3 is 2.47 bits per heavy atom. The molecule has 0 bridgehead atoms. The molecule has 1 atom stereocenters. The molecule has 8 heteroatoms. The number of hydrogen-bond donors (Lipinski definition) is 1. The third kappa shape index (κ3) is 5.76. The largest absolute Gasteiger partial charge is 0.372 e. The predicted octanol–water partition coefficient (Wildman–Crippen LogP) is 5.99. The number of anilines is 2. The average molecular weight is 700 g/mol. The van der Waals surface area contributed by atoms with Crippen LogP contribution in [0.2, 0.25) is 5.02 Å². The molecule has 1 unspecified atom stereocenters. The molecule has 0 radical (unpaired) electrons. The van der Waals surface area contributed by atoms with Crippen LogP contribution in [0.4, 0.5) is 11.4 Å². The van der Waals surface area contributed by atoms with Crippen LogP contribution in [0, 0.1) is 23.7 Å². The molecule has 38 heavy (non-hydrogen) atoms. The topological polar surface area (TPSA) is 62.2 Å². The van der Waals surface area contributed by atoms with Gasteiger partial charge in [-0.1, -0.05) is 23.7 Å². The summed E-state index contributed by atoms with van der Waals surface area (Å²) in [5.74, 6) is 1.33. The van der Waals surface area contributed by atoms with Gasteiger partial charge in [0.15, 0.2) is 5.69 Å². The van der Waals surface area contributed by atoms with Gasteiger partial charge in [-0.3, -0.25) is 5.10 Å². The van der Waals surface area contributed by atoms with Gasteiger partial charge in [-0.25, -0.2) is 0 Å². The molecule has 6 rings (SSSR count). The van der Waals surface area contributed by atoms with Crippen molar-refractivity contribution in [3.8, 4) is 6.07 Å². The molecule has 3 aromatic rings. The summed E-state index contributed by atoms with van der Waals surface area (Å²) in [6.07, 6.45) is 9.90. The van der Waals surface area contributed by atoms with Crippen LogP contribution in [0.1, 0.15) is 55.7 Å². The molecule has 3 aliphatic heterocycles. The second-order valence-electron chi connectivity index (χ2n) is 11.0. The van der Waals surface area contributed by atoms with Crippen LogP contribution < -0.4 is 9.80 Å². The number of fused-ring (bicyclic) bond motifs is 1. The zero-order valence-electron chi connectivity index (χ0n) is 21.9. The van der Waals surface area contributed by atoms with E-state index in [0.29, 0.717) is 16.6 Å². The first kappa shape index (κ1) is 27.5. The number of aromatic nitrogens is 2. The van der Waals surface area contributed by atoms with Crippen molar-refractivity contribution in [2.45, 2.75) is 44.4 Å². The number of rotatable bonds is 5. The molecule has 200 valence electrons. The summed E-state index contributed by atoms with van der Waals surface area (Å²) >= 11 is 6.41. The summed E-state index contributed by atoms with van der Waals surface area (Å²) in [7, 11) is 0. The molecule has 1 N–H and O–H groups in total. The number of H-pyrrole nitrogens is 1. The fraction of sp³-hybridized carbons (Fsp3) is 0.500. The molecule has 2 aromatic carbocycles. The first-order chi connectivity index (χ1) is 18.2. The van der Waals surface area contributed by atoms with Crippen LogP contribution in [-0.4, -0.2) is 60.9 Å². The van der Waals surface area contributed by atoms with Gasteiger partial charge in [0.2, 0.25) is 0 Å². The average Bonchev–Trinajstić information content (AvgIpc) is 3.40. The van der Waals surface area contributed by atoms with Gasteiger partial charge >= 0.3 is 0 Å². The summed E-state index contributed by atoms with van der Waals surface area (Å²) in [5.41, 5.74) is 5.09. The molecule has 0 saturated carbocycles. The Kier molecular flexibility index (Phi) is 8.98. The van der Waals surface area contributed by atoms with E-state index in [1.165, 1.54) is 76.1 Å². The van der Waals surface area contributed by atoms with E-state index in [2.05, 4.69) is 67.7 Å². The number of piperidine rings is 3. The van der Waals surface area contributed by atoms with E-state index in [-0.39, 0.29) is 21.1 Å². The minimum absolute atomic E-state index is 0. The van der Waals surface area contributed by atoms with Gasteiger partial charge in [0.25, 0.3) is 0 Å². The van der Waals surface area contributed by atoms with Gasteiger partial charge in [0.05, 0.1) is 21.6 Å². The maximum Gasteiger partial charge on any atom is 0.171 e. The second kappa shape index (κ2) is 12.4. The molecule has 4 heterocycles. The van der Waals surface area contributed by atoms with Crippen molar-refractivity contribution in [1.82, 2.24) is 15.1 Å². The standard InChI is InChI=1S/C30H36ClN6.W/c31-26-10-11-28(30-29(26)27(19-32)33-34-30)37-16-4-5-24(21-37)23-6-8-25(9-7-23)36-17-12-22(13-18-36)20-35-14-2-1-3-15-35;/h1,6-11,22,24H,2-5,12-18,20-21H2,(H,33,34);/q-1;. The molecule has 0 spiro atoms. The Morgan fingerprint density at radius 2 is 1.74 bits per heavy atom. The quantitative estimate of drug-likeness (QED) is 0.332. The monoisotopic (exact) mass is 699 g/mol. The predicted molar refractivity (Wildman–Crippen MR) is 151 cm³/mol.